The zero-order valence-electron chi connectivity index (χ0n) is 13.6. The minimum Gasteiger partial charge on any atom is -1.00 e. The van der Waals surface area contributed by atoms with Crippen LogP contribution in [-0.2, 0) is 13.2 Å². The minimum atomic E-state index is 0. The third-order valence-corrected chi connectivity index (χ3v) is 3.94. The Bertz CT molecular complexity index is 624. The van der Waals surface area contributed by atoms with E-state index in [0.29, 0.717) is 12.6 Å². The Kier molecular flexibility index (Phi) is 6.31. The second-order valence-corrected chi connectivity index (χ2v) is 5.88. The van der Waals surface area contributed by atoms with Crippen LogP contribution in [-0.4, -0.2) is 13.2 Å². The van der Waals surface area contributed by atoms with E-state index in [-0.39, 0.29) is 12.4 Å². The Morgan fingerprint density at radius 2 is 1.83 bits per heavy atom. The van der Waals surface area contributed by atoms with Gasteiger partial charge in [0.2, 0.25) is 0 Å². The van der Waals surface area contributed by atoms with Crippen LogP contribution in [0.15, 0.2) is 42.5 Å². The van der Waals surface area contributed by atoms with E-state index in [1.54, 1.807) is 7.11 Å². The Morgan fingerprint density at radius 1 is 1.09 bits per heavy atom. The first kappa shape index (κ1) is 17.6. The second kappa shape index (κ2) is 8.23. The number of para-hydroxylation sites is 1. The molecule has 0 atom stereocenters. The number of halogens is 1. The van der Waals surface area contributed by atoms with Crippen molar-refractivity contribution in [3.05, 3.63) is 59.2 Å². The smallest absolute Gasteiger partial charge is 0.166 e. The molecule has 23 heavy (non-hydrogen) atoms. The van der Waals surface area contributed by atoms with Crippen LogP contribution in [0.5, 0.6) is 11.5 Å². The van der Waals surface area contributed by atoms with Crippen LogP contribution >= 0.6 is 0 Å². The predicted octanol–water partition coefficient (Wildman–Crippen LogP) is 0.839. The van der Waals surface area contributed by atoms with E-state index in [0.717, 1.165) is 29.2 Å². The van der Waals surface area contributed by atoms with E-state index in [9.17, 15) is 0 Å². The third-order valence-electron chi connectivity index (χ3n) is 3.94. The van der Waals surface area contributed by atoms with Gasteiger partial charge in [0.15, 0.2) is 11.5 Å². The zero-order chi connectivity index (χ0) is 15.4. The molecule has 1 fully saturated rings. The maximum Gasteiger partial charge on any atom is 0.166 e. The molecule has 0 aliphatic heterocycles. The number of methoxy groups -OCH3 is 1. The number of hydrogen-bond acceptors (Lipinski definition) is 3. The Labute approximate surface area is 144 Å². The molecule has 3 rings (SSSR count). The fourth-order valence-corrected chi connectivity index (χ4v) is 2.41. The van der Waals surface area contributed by atoms with Crippen molar-refractivity contribution in [2.24, 2.45) is 0 Å². The summed E-state index contributed by atoms with van der Waals surface area (Å²) in [6, 6.07) is 15.2. The van der Waals surface area contributed by atoms with Crippen LogP contribution in [0.2, 0.25) is 0 Å². The van der Waals surface area contributed by atoms with Gasteiger partial charge in [0.25, 0.3) is 0 Å². The summed E-state index contributed by atoms with van der Waals surface area (Å²) in [6.07, 6.45) is 2.56. The number of benzene rings is 2. The van der Waals surface area contributed by atoms with Crippen molar-refractivity contribution in [1.29, 1.82) is 0 Å². The maximum absolute atomic E-state index is 6.07. The molecule has 0 unspecified atom stereocenters. The highest BCUT2D eigenvalue weighted by Gasteiger charge is 2.21. The Hall–Kier alpha value is -1.71. The van der Waals surface area contributed by atoms with E-state index in [1.807, 2.05) is 12.1 Å². The van der Waals surface area contributed by atoms with Crippen molar-refractivity contribution in [2.75, 3.05) is 7.11 Å². The highest BCUT2D eigenvalue weighted by atomic mass is 35.5. The molecule has 0 saturated heterocycles. The molecule has 0 bridgehead atoms. The van der Waals surface area contributed by atoms with Gasteiger partial charge in [0.1, 0.15) is 6.61 Å². The summed E-state index contributed by atoms with van der Waals surface area (Å²) in [5, 5.41) is 3.53. The Morgan fingerprint density at radius 3 is 2.48 bits per heavy atom. The topological polar surface area (TPSA) is 30.5 Å². The monoisotopic (exact) mass is 332 g/mol. The fourth-order valence-electron chi connectivity index (χ4n) is 2.41. The van der Waals surface area contributed by atoms with Gasteiger partial charge in [-0.15, -0.1) is 0 Å². The first-order valence-corrected chi connectivity index (χ1v) is 7.84. The van der Waals surface area contributed by atoms with Gasteiger partial charge in [-0.25, -0.2) is 0 Å². The summed E-state index contributed by atoms with van der Waals surface area (Å²) in [4.78, 5) is 0. The molecule has 0 spiro atoms. The van der Waals surface area contributed by atoms with Crippen molar-refractivity contribution in [3.8, 4) is 11.5 Å². The highest BCUT2D eigenvalue weighted by molar-refractivity contribution is 5.46. The third kappa shape index (κ3) is 4.88. The van der Waals surface area contributed by atoms with Crippen LogP contribution in [0.1, 0.15) is 29.5 Å². The minimum absolute atomic E-state index is 0. The second-order valence-electron chi connectivity index (χ2n) is 5.88. The van der Waals surface area contributed by atoms with E-state index in [2.05, 4.69) is 42.6 Å². The molecule has 1 aliphatic rings. The van der Waals surface area contributed by atoms with Crippen LogP contribution in [0.3, 0.4) is 0 Å². The molecule has 0 radical (unpaired) electrons. The van der Waals surface area contributed by atoms with Gasteiger partial charge in [-0.05, 0) is 31.4 Å². The molecular weight excluding hydrogens is 310 g/mol. The fraction of sp³-hybridized carbons (Fsp3) is 0.368. The first-order chi connectivity index (χ1) is 10.8. The standard InChI is InChI=1S/C19H23NO2.ClH/c1-14-6-8-15(9-7-14)13-22-19-16(12-20-17-10-11-17)4-3-5-18(19)21-2;/h3-9,17,20H,10-13H2,1-2H3;1H/p-1. The van der Waals surface area contributed by atoms with Crippen molar-refractivity contribution < 1.29 is 21.9 Å². The molecule has 124 valence electrons. The van der Waals surface area contributed by atoms with Crippen LogP contribution in [0, 0.1) is 6.92 Å². The largest absolute Gasteiger partial charge is 1.00 e. The van der Waals surface area contributed by atoms with E-state index in [4.69, 9.17) is 9.47 Å². The molecule has 2 aromatic carbocycles. The molecule has 4 heteroatoms. The maximum atomic E-state index is 6.07. The van der Waals surface area contributed by atoms with E-state index in [1.165, 1.54) is 18.4 Å². The molecule has 3 nitrogen and oxygen atoms in total. The first-order valence-electron chi connectivity index (χ1n) is 7.84. The molecule has 1 aliphatic carbocycles. The summed E-state index contributed by atoms with van der Waals surface area (Å²) in [6.45, 7) is 3.47. The van der Waals surface area contributed by atoms with Gasteiger partial charge >= 0.3 is 0 Å². The quantitative estimate of drug-likeness (QED) is 0.815. The SMILES string of the molecule is COc1cccc(CNC2CC2)c1OCc1ccc(C)cc1.[Cl-]. The summed E-state index contributed by atoms with van der Waals surface area (Å²) in [5.74, 6) is 1.64. The van der Waals surface area contributed by atoms with Crippen molar-refractivity contribution in [3.63, 3.8) is 0 Å². The van der Waals surface area contributed by atoms with E-state index >= 15 is 0 Å². The lowest BCUT2D eigenvalue weighted by Crippen LogP contribution is -3.00. The normalized spacial score (nSPS) is 13.3. The van der Waals surface area contributed by atoms with Gasteiger partial charge in [0, 0.05) is 18.2 Å². The molecule has 1 saturated carbocycles. The van der Waals surface area contributed by atoms with Crippen LogP contribution in [0.4, 0.5) is 0 Å². The number of ether oxygens (including phenoxy) is 2. The number of hydrogen-bond donors (Lipinski definition) is 1. The molecular formula is C19H23ClNO2-. The average molecular weight is 333 g/mol. The van der Waals surface area contributed by atoms with E-state index < -0.39 is 0 Å². The van der Waals surface area contributed by atoms with Gasteiger partial charge in [0.05, 0.1) is 7.11 Å². The predicted molar refractivity (Wildman–Crippen MR) is 88.4 cm³/mol. The van der Waals surface area contributed by atoms with Gasteiger partial charge in [-0.1, -0.05) is 42.0 Å². The number of aryl methyl sites for hydroxylation is 1. The summed E-state index contributed by atoms with van der Waals surface area (Å²) in [5.41, 5.74) is 3.58. The summed E-state index contributed by atoms with van der Waals surface area (Å²) in [7, 11) is 1.69. The van der Waals surface area contributed by atoms with Crippen LogP contribution in [0.25, 0.3) is 0 Å². The van der Waals surface area contributed by atoms with Crippen LogP contribution < -0.4 is 27.2 Å². The molecule has 0 aromatic heterocycles. The molecule has 0 heterocycles. The highest BCUT2D eigenvalue weighted by Crippen LogP contribution is 2.32. The lowest BCUT2D eigenvalue weighted by Gasteiger charge is -2.15. The molecule has 2 aromatic rings. The van der Waals surface area contributed by atoms with Crippen molar-refractivity contribution in [2.45, 2.75) is 39.0 Å². The van der Waals surface area contributed by atoms with Gasteiger partial charge in [-0.2, -0.15) is 0 Å². The number of nitrogens with one attached hydrogen (secondary N) is 1. The lowest BCUT2D eigenvalue weighted by molar-refractivity contribution is -0.00000514. The molecule has 0 amide bonds. The van der Waals surface area contributed by atoms with Gasteiger partial charge < -0.3 is 27.2 Å². The Balaban J connectivity index is 0.00000192. The van der Waals surface area contributed by atoms with Crippen molar-refractivity contribution in [1.82, 2.24) is 5.32 Å². The lowest BCUT2D eigenvalue weighted by atomic mass is 10.1. The number of rotatable bonds is 7. The average Bonchev–Trinajstić information content (AvgIpc) is 3.37. The van der Waals surface area contributed by atoms with Gasteiger partial charge in [-0.3, -0.25) is 0 Å². The summed E-state index contributed by atoms with van der Waals surface area (Å²) >= 11 is 0. The summed E-state index contributed by atoms with van der Waals surface area (Å²) < 4.78 is 11.5. The van der Waals surface area contributed by atoms with Crippen molar-refractivity contribution >= 4 is 0 Å². The zero-order valence-corrected chi connectivity index (χ0v) is 14.4. The molecule has 1 N–H and O–H groups in total.